The normalized spacial score (nSPS) is 18.6. The van der Waals surface area contributed by atoms with Crippen molar-refractivity contribution in [2.45, 2.75) is 56.1 Å². The Morgan fingerprint density at radius 3 is 2.38 bits per heavy atom. The molecular weight excluding hydrogens is 630 g/mol. The number of carbonyl (C=O) groups is 1. The lowest BCUT2D eigenvalue weighted by molar-refractivity contribution is -0.137. The van der Waals surface area contributed by atoms with Crippen molar-refractivity contribution >= 4 is 21.8 Å². The van der Waals surface area contributed by atoms with Gasteiger partial charge in [-0.05, 0) is 74.4 Å². The minimum atomic E-state index is -4.82. The molecule has 0 bridgehead atoms. The molecule has 45 heavy (non-hydrogen) atoms. The first kappa shape index (κ1) is 32.3. The Balaban J connectivity index is 1.60. The molecule has 5 rings (SSSR count). The zero-order valence-electron chi connectivity index (χ0n) is 24.2. The van der Waals surface area contributed by atoms with Gasteiger partial charge in [-0.1, -0.05) is 12.1 Å². The predicted octanol–water partition coefficient (Wildman–Crippen LogP) is 7.08. The quantitative estimate of drug-likeness (QED) is 0.273. The molecule has 2 aliphatic heterocycles. The van der Waals surface area contributed by atoms with Gasteiger partial charge in [-0.2, -0.15) is 22.0 Å². The van der Waals surface area contributed by atoms with Crippen molar-refractivity contribution in [1.82, 2.24) is 4.90 Å². The number of sulfonamides is 1. The van der Waals surface area contributed by atoms with Crippen LogP contribution in [0.3, 0.4) is 0 Å². The van der Waals surface area contributed by atoms with Gasteiger partial charge in [0.15, 0.2) is 0 Å². The van der Waals surface area contributed by atoms with E-state index in [2.05, 4.69) is 4.74 Å². The number of nitrogens with zero attached hydrogens (tertiary/aromatic N) is 2. The molecule has 3 aromatic carbocycles. The monoisotopic (exact) mass is 658 g/mol. The summed E-state index contributed by atoms with van der Waals surface area (Å²) in [6, 6.07) is 10.3. The molecule has 1 atom stereocenters. The van der Waals surface area contributed by atoms with Crippen LogP contribution in [0.4, 0.5) is 36.8 Å². The molecule has 1 spiro atoms. The summed E-state index contributed by atoms with van der Waals surface area (Å²) in [4.78, 5) is 13.5. The molecular formula is C30H28F6N2O6S. The highest BCUT2D eigenvalue weighted by atomic mass is 32.2. The molecule has 1 unspecified atom stereocenters. The average Bonchev–Trinajstić information content (AvgIpc) is 3.33. The van der Waals surface area contributed by atoms with Crippen LogP contribution < -0.4 is 13.8 Å². The van der Waals surface area contributed by atoms with E-state index in [4.69, 9.17) is 9.47 Å². The third-order valence-corrected chi connectivity index (χ3v) is 8.89. The molecule has 2 heterocycles. The molecule has 0 aliphatic carbocycles. The first-order chi connectivity index (χ1) is 20.8. The first-order valence-electron chi connectivity index (χ1n) is 13.6. The van der Waals surface area contributed by atoms with E-state index in [0.29, 0.717) is 6.07 Å². The van der Waals surface area contributed by atoms with Crippen molar-refractivity contribution in [2.24, 2.45) is 0 Å². The highest BCUT2D eigenvalue weighted by Crippen LogP contribution is 2.46. The lowest BCUT2D eigenvalue weighted by Gasteiger charge is -2.42. The molecule has 0 aromatic heterocycles. The number of anilines is 1. The summed E-state index contributed by atoms with van der Waals surface area (Å²) in [6.07, 6.45) is -5.30. The van der Waals surface area contributed by atoms with Gasteiger partial charge in [-0.3, -0.25) is 4.31 Å². The summed E-state index contributed by atoms with van der Waals surface area (Å²) in [5.74, 6) is -1.36. The van der Waals surface area contributed by atoms with Crippen LogP contribution in [0.1, 0.15) is 32.8 Å². The minimum Gasteiger partial charge on any atom is -0.481 e. The molecule has 1 saturated heterocycles. The molecule has 3 aromatic rings. The molecule has 0 radical (unpaired) electrons. The molecule has 2 aliphatic rings. The topological polar surface area (TPSA) is 85.4 Å². The standard InChI is InChI=1S/C30H28F6N2O6S/c1-28(2,3)44-27(39)37-10-9-29(16-37)17-38(45(40,41)23-6-4-5-20(14-23)30(34,35)36)24-13-18(7-8-25(24)43-29)19-11-21(31)15-22(12-19)42-26(32)33/h4-8,11-15,26H,9-10,16-17H2,1-3H3. The fourth-order valence-corrected chi connectivity index (χ4v) is 6.79. The molecule has 0 saturated carbocycles. The number of fused-ring (bicyclic) bond motifs is 1. The number of hydrogen-bond donors (Lipinski definition) is 0. The van der Waals surface area contributed by atoms with E-state index in [0.717, 1.165) is 40.7 Å². The van der Waals surface area contributed by atoms with Crippen molar-refractivity contribution < 1.29 is 53.8 Å². The van der Waals surface area contributed by atoms with Gasteiger partial charge >= 0.3 is 18.9 Å². The van der Waals surface area contributed by atoms with Gasteiger partial charge in [0.25, 0.3) is 10.0 Å². The van der Waals surface area contributed by atoms with Crippen molar-refractivity contribution in [1.29, 1.82) is 0 Å². The highest BCUT2D eigenvalue weighted by molar-refractivity contribution is 7.92. The summed E-state index contributed by atoms with van der Waals surface area (Å²) in [7, 11) is -4.70. The van der Waals surface area contributed by atoms with E-state index < -0.39 is 68.7 Å². The Kier molecular flexibility index (Phi) is 8.13. The van der Waals surface area contributed by atoms with E-state index in [1.807, 2.05) is 0 Å². The number of carbonyl (C=O) groups excluding carboxylic acids is 1. The Morgan fingerprint density at radius 2 is 1.71 bits per heavy atom. The van der Waals surface area contributed by atoms with Gasteiger partial charge in [0, 0.05) is 19.0 Å². The number of likely N-dealkylation sites (tertiary alicyclic amines) is 1. The number of rotatable bonds is 5. The Hall–Kier alpha value is -4.14. The van der Waals surface area contributed by atoms with Crippen molar-refractivity contribution in [2.75, 3.05) is 23.9 Å². The summed E-state index contributed by atoms with van der Waals surface area (Å²) < 4.78 is 126. The van der Waals surface area contributed by atoms with Gasteiger partial charge in [0.1, 0.15) is 28.5 Å². The van der Waals surface area contributed by atoms with Crippen LogP contribution >= 0.6 is 0 Å². The van der Waals surface area contributed by atoms with Crippen LogP contribution in [0.15, 0.2) is 65.6 Å². The second kappa shape index (κ2) is 11.3. The van der Waals surface area contributed by atoms with Gasteiger partial charge in [-0.25, -0.2) is 17.6 Å². The highest BCUT2D eigenvalue weighted by Gasteiger charge is 2.50. The average molecular weight is 659 g/mol. The smallest absolute Gasteiger partial charge is 0.416 e. The van der Waals surface area contributed by atoms with Gasteiger partial charge in [0.2, 0.25) is 0 Å². The summed E-state index contributed by atoms with van der Waals surface area (Å²) in [5.41, 5.74) is -3.13. The van der Waals surface area contributed by atoms with Crippen molar-refractivity contribution in [3.8, 4) is 22.6 Å². The van der Waals surface area contributed by atoms with Gasteiger partial charge in [-0.15, -0.1) is 0 Å². The van der Waals surface area contributed by atoms with Crippen LogP contribution in [0.2, 0.25) is 0 Å². The SMILES string of the molecule is CC(C)(C)OC(=O)N1CCC2(C1)CN(S(=O)(=O)c1cccc(C(F)(F)F)c1)c1cc(-c3cc(F)cc(OC(F)F)c3)ccc1O2. The molecule has 1 amide bonds. The molecule has 8 nitrogen and oxygen atoms in total. The zero-order valence-corrected chi connectivity index (χ0v) is 25.0. The van der Waals surface area contributed by atoms with E-state index in [-0.39, 0.29) is 42.1 Å². The van der Waals surface area contributed by atoms with E-state index in [9.17, 15) is 39.6 Å². The predicted molar refractivity (Wildman–Crippen MR) is 150 cm³/mol. The summed E-state index contributed by atoms with van der Waals surface area (Å²) in [6.45, 7) is 1.49. The second-order valence-corrected chi connectivity index (χ2v) is 13.6. The fraction of sp³-hybridized carbons (Fsp3) is 0.367. The molecule has 242 valence electrons. The summed E-state index contributed by atoms with van der Waals surface area (Å²) >= 11 is 0. The van der Waals surface area contributed by atoms with Crippen molar-refractivity contribution in [3.05, 3.63) is 72.0 Å². The Bertz CT molecular complexity index is 1730. The van der Waals surface area contributed by atoms with Crippen molar-refractivity contribution in [3.63, 3.8) is 0 Å². The Labute approximate surface area is 255 Å². The third-order valence-electron chi connectivity index (χ3n) is 7.13. The minimum absolute atomic E-state index is 0.0204. The lowest BCUT2D eigenvalue weighted by atomic mass is 9.98. The zero-order chi connectivity index (χ0) is 32.9. The van der Waals surface area contributed by atoms with Gasteiger partial charge in [0.05, 0.1) is 29.2 Å². The van der Waals surface area contributed by atoms with Gasteiger partial charge < -0.3 is 19.1 Å². The van der Waals surface area contributed by atoms with Crippen LogP contribution in [-0.2, 0) is 20.9 Å². The fourth-order valence-electron chi connectivity index (χ4n) is 5.20. The number of ether oxygens (including phenoxy) is 3. The van der Waals surface area contributed by atoms with E-state index in [1.54, 1.807) is 20.8 Å². The third kappa shape index (κ3) is 6.92. The number of benzene rings is 3. The van der Waals surface area contributed by atoms with Crippen LogP contribution in [0.5, 0.6) is 11.5 Å². The molecule has 0 N–H and O–H groups in total. The lowest BCUT2D eigenvalue weighted by Crippen LogP contribution is -2.54. The maximum absolute atomic E-state index is 14.3. The largest absolute Gasteiger partial charge is 0.481 e. The van der Waals surface area contributed by atoms with Crippen LogP contribution in [0, 0.1) is 5.82 Å². The second-order valence-electron chi connectivity index (χ2n) is 11.7. The number of halogens is 6. The summed E-state index contributed by atoms with van der Waals surface area (Å²) in [5, 5.41) is 0. The molecule has 15 heteroatoms. The number of alkyl halides is 5. The maximum Gasteiger partial charge on any atom is 0.416 e. The first-order valence-corrected chi connectivity index (χ1v) is 15.1. The van der Waals surface area contributed by atoms with Crippen LogP contribution in [-0.4, -0.2) is 56.9 Å². The number of hydrogen-bond acceptors (Lipinski definition) is 6. The number of amides is 1. The maximum atomic E-state index is 14.3. The van der Waals surface area contributed by atoms with E-state index in [1.165, 1.54) is 23.1 Å². The van der Waals surface area contributed by atoms with E-state index >= 15 is 0 Å². The molecule has 1 fully saturated rings. The Morgan fingerprint density at radius 1 is 0.978 bits per heavy atom. The van der Waals surface area contributed by atoms with Crippen LogP contribution in [0.25, 0.3) is 11.1 Å².